The lowest BCUT2D eigenvalue weighted by molar-refractivity contribution is -0.385. The van der Waals surface area contributed by atoms with Crippen molar-refractivity contribution in [2.45, 2.75) is 64.8 Å². The third-order valence-electron chi connectivity index (χ3n) is 7.13. The lowest BCUT2D eigenvalue weighted by Crippen LogP contribution is -2.56. The summed E-state index contributed by atoms with van der Waals surface area (Å²) in [7, 11) is 1.60. The van der Waals surface area contributed by atoms with E-state index in [1.165, 1.54) is 43.2 Å². The van der Waals surface area contributed by atoms with E-state index in [0.29, 0.717) is 0 Å². The Morgan fingerprint density at radius 3 is 2.31 bits per heavy atom. The number of aryl methyl sites for hydroxylation is 2. The highest BCUT2D eigenvalue weighted by Crippen LogP contribution is 2.61. The molecule has 1 aromatic heterocycles. The summed E-state index contributed by atoms with van der Waals surface area (Å²) < 4.78 is 1.34. The molecule has 5 rings (SSSR count). The second kappa shape index (κ2) is 6.06. The van der Waals surface area contributed by atoms with Crippen LogP contribution >= 0.6 is 0 Å². The Morgan fingerprint density at radius 1 is 1.31 bits per heavy atom. The van der Waals surface area contributed by atoms with Gasteiger partial charge in [0.25, 0.3) is 5.91 Å². The highest BCUT2D eigenvalue weighted by atomic mass is 16.6. The topological polar surface area (TPSA) is 90.1 Å². The Kier molecular flexibility index (Phi) is 4.08. The largest absolute Gasteiger partial charge is 0.347 e. The average molecular weight is 360 g/mol. The highest BCUT2D eigenvalue weighted by Gasteiger charge is 2.54. The fourth-order valence-corrected chi connectivity index (χ4v) is 6.64. The zero-order valence-corrected chi connectivity index (χ0v) is 15.8. The SMILES string of the molecule is CC[C@H](NC(=O)c1c([N+](=O)[O-])c(C)nn1C)C12CC3CC(CC(C3)C1)C2. The lowest BCUT2D eigenvalue weighted by atomic mass is 9.47. The third kappa shape index (κ3) is 2.63. The van der Waals surface area contributed by atoms with Crippen molar-refractivity contribution in [2.24, 2.45) is 30.2 Å². The van der Waals surface area contributed by atoms with Gasteiger partial charge in [-0.1, -0.05) is 6.92 Å². The van der Waals surface area contributed by atoms with Gasteiger partial charge in [0, 0.05) is 13.1 Å². The molecule has 0 aliphatic heterocycles. The molecule has 4 aliphatic rings. The quantitative estimate of drug-likeness (QED) is 0.644. The van der Waals surface area contributed by atoms with Gasteiger partial charge in [0.2, 0.25) is 5.69 Å². The first-order valence-electron chi connectivity index (χ1n) is 9.81. The molecule has 26 heavy (non-hydrogen) atoms. The van der Waals surface area contributed by atoms with Crippen molar-refractivity contribution in [3.05, 3.63) is 21.5 Å². The highest BCUT2D eigenvalue weighted by molar-refractivity contribution is 5.97. The Labute approximate surface area is 153 Å². The third-order valence-corrected chi connectivity index (χ3v) is 7.13. The fraction of sp³-hybridized carbons (Fsp3) is 0.789. The first-order chi connectivity index (χ1) is 12.3. The van der Waals surface area contributed by atoms with Crippen LogP contribution in [0.2, 0.25) is 0 Å². The van der Waals surface area contributed by atoms with Crippen molar-refractivity contribution in [3.8, 4) is 0 Å². The molecule has 1 atom stereocenters. The number of aromatic nitrogens is 2. The molecule has 1 amide bonds. The number of nitrogens with one attached hydrogen (secondary N) is 1. The van der Waals surface area contributed by atoms with Crippen molar-refractivity contribution >= 4 is 11.6 Å². The lowest BCUT2D eigenvalue weighted by Gasteiger charge is -2.59. The summed E-state index contributed by atoms with van der Waals surface area (Å²) >= 11 is 0. The molecular formula is C19H28N4O3. The zero-order chi connectivity index (χ0) is 18.6. The molecule has 0 unspecified atom stereocenters. The van der Waals surface area contributed by atoms with Gasteiger partial charge in [-0.25, -0.2) is 0 Å². The minimum atomic E-state index is -0.497. The average Bonchev–Trinajstić information content (AvgIpc) is 2.85. The van der Waals surface area contributed by atoms with E-state index < -0.39 is 4.92 Å². The summed E-state index contributed by atoms with van der Waals surface area (Å²) in [4.78, 5) is 23.9. The molecule has 0 aromatic carbocycles. The number of carbonyl (C=O) groups is 1. The van der Waals surface area contributed by atoms with Gasteiger partial charge in [-0.05, 0) is 75.0 Å². The van der Waals surface area contributed by atoms with E-state index in [2.05, 4.69) is 17.3 Å². The van der Waals surface area contributed by atoms with Crippen LogP contribution < -0.4 is 5.32 Å². The maximum absolute atomic E-state index is 13.0. The van der Waals surface area contributed by atoms with Crippen molar-refractivity contribution in [2.75, 3.05) is 0 Å². The van der Waals surface area contributed by atoms with Crippen LogP contribution in [-0.2, 0) is 7.05 Å². The number of hydrogen-bond donors (Lipinski definition) is 1. The molecule has 1 aromatic rings. The first kappa shape index (κ1) is 17.5. The fourth-order valence-electron chi connectivity index (χ4n) is 6.64. The van der Waals surface area contributed by atoms with Crippen molar-refractivity contribution < 1.29 is 9.72 Å². The predicted molar refractivity (Wildman–Crippen MR) is 96.7 cm³/mol. The van der Waals surface area contributed by atoms with Crippen LogP contribution in [0.25, 0.3) is 0 Å². The second-order valence-electron chi connectivity index (χ2n) is 8.88. The summed E-state index contributed by atoms with van der Waals surface area (Å²) in [5.41, 5.74) is 0.355. The molecule has 1 N–H and O–H groups in total. The van der Waals surface area contributed by atoms with Crippen LogP contribution in [0, 0.1) is 40.2 Å². The van der Waals surface area contributed by atoms with E-state index >= 15 is 0 Å². The Bertz CT molecular complexity index is 719. The molecule has 7 nitrogen and oxygen atoms in total. The molecule has 142 valence electrons. The van der Waals surface area contributed by atoms with Crippen molar-refractivity contribution in [3.63, 3.8) is 0 Å². The van der Waals surface area contributed by atoms with E-state index in [1.807, 2.05) is 0 Å². The minimum Gasteiger partial charge on any atom is -0.347 e. The molecule has 4 fully saturated rings. The monoisotopic (exact) mass is 360 g/mol. The van der Waals surface area contributed by atoms with Crippen LogP contribution in [0.15, 0.2) is 0 Å². The predicted octanol–water partition coefficient (Wildman–Crippen LogP) is 3.36. The Morgan fingerprint density at radius 2 is 1.85 bits per heavy atom. The number of hydrogen-bond acceptors (Lipinski definition) is 4. The van der Waals surface area contributed by atoms with Gasteiger partial charge in [0.15, 0.2) is 0 Å². The summed E-state index contributed by atoms with van der Waals surface area (Å²) in [6.07, 6.45) is 8.53. The Hall–Kier alpha value is -1.92. The first-order valence-corrected chi connectivity index (χ1v) is 9.81. The molecule has 7 heteroatoms. The maximum atomic E-state index is 13.0. The van der Waals surface area contributed by atoms with Crippen LogP contribution in [0.5, 0.6) is 0 Å². The van der Waals surface area contributed by atoms with Gasteiger partial charge in [-0.3, -0.25) is 19.6 Å². The normalized spacial score (nSPS) is 33.3. The van der Waals surface area contributed by atoms with Crippen molar-refractivity contribution in [1.29, 1.82) is 0 Å². The van der Waals surface area contributed by atoms with Gasteiger partial charge in [0.1, 0.15) is 5.69 Å². The zero-order valence-electron chi connectivity index (χ0n) is 15.8. The van der Waals surface area contributed by atoms with Gasteiger partial charge < -0.3 is 5.32 Å². The second-order valence-corrected chi connectivity index (χ2v) is 8.88. The number of rotatable bonds is 5. The van der Waals surface area contributed by atoms with E-state index in [4.69, 9.17) is 0 Å². The van der Waals surface area contributed by atoms with Gasteiger partial charge in [-0.2, -0.15) is 5.10 Å². The summed E-state index contributed by atoms with van der Waals surface area (Å²) in [5, 5.41) is 18.7. The standard InChI is InChI=1S/C19H28N4O3/c1-4-15(19-8-12-5-13(9-19)7-14(6-12)10-19)20-18(24)17-16(23(25)26)11(2)21-22(17)3/h12-15H,4-10H2,1-3H3,(H,20,24)/t12?,13?,14?,15-,19?/m0/s1. The molecule has 4 bridgehead atoms. The molecular weight excluding hydrogens is 332 g/mol. The number of amides is 1. The molecule has 0 spiro atoms. The molecule has 4 aliphatic carbocycles. The van der Waals surface area contributed by atoms with E-state index in [-0.39, 0.29) is 34.4 Å². The maximum Gasteiger partial charge on any atom is 0.322 e. The van der Waals surface area contributed by atoms with Gasteiger partial charge in [0.05, 0.1) is 4.92 Å². The van der Waals surface area contributed by atoms with Crippen LogP contribution in [0.1, 0.15) is 68.1 Å². The van der Waals surface area contributed by atoms with Crippen LogP contribution in [-0.4, -0.2) is 26.7 Å². The molecule has 1 heterocycles. The van der Waals surface area contributed by atoms with Gasteiger partial charge in [-0.15, -0.1) is 0 Å². The molecule has 4 saturated carbocycles. The van der Waals surface area contributed by atoms with Gasteiger partial charge >= 0.3 is 5.69 Å². The summed E-state index contributed by atoms with van der Waals surface area (Å²) in [6.45, 7) is 3.69. The van der Waals surface area contributed by atoms with E-state index in [9.17, 15) is 14.9 Å². The number of nitrogens with zero attached hydrogens (tertiary/aromatic N) is 3. The van der Waals surface area contributed by atoms with Crippen molar-refractivity contribution in [1.82, 2.24) is 15.1 Å². The van der Waals surface area contributed by atoms with E-state index in [1.54, 1.807) is 14.0 Å². The number of carbonyl (C=O) groups excluding carboxylic acids is 1. The van der Waals surface area contributed by atoms with Crippen LogP contribution in [0.4, 0.5) is 5.69 Å². The number of nitro groups is 1. The molecule has 0 saturated heterocycles. The summed E-state index contributed by atoms with van der Waals surface area (Å²) in [5.74, 6) is 2.06. The Balaban J connectivity index is 1.60. The molecule has 0 radical (unpaired) electrons. The van der Waals surface area contributed by atoms with E-state index in [0.717, 1.165) is 24.2 Å². The smallest absolute Gasteiger partial charge is 0.322 e. The van der Waals surface area contributed by atoms with Crippen LogP contribution in [0.3, 0.4) is 0 Å². The summed E-state index contributed by atoms with van der Waals surface area (Å²) in [6, 6.07) is 0.0817. The minimum absolute atomic E-state index is 0.0654.